The Morgan fingerprint density at radius 1 is 1.06 bits per heavy atom. The second-order valence-corrected chi connectivity index (χ2v) is 13.8. The van der Waals surface area contributed by atoms with E-state index >= 15 is 0 Å². The number of carbonyl (C=O) groups is 1. The standard InChI is InChI=1S/C27H36N4O2S2/c32-23(30-27-12-17-9-18(13-27)11-19(10-17)14-27)16-34-25-24-20-3-1-2-4-21(20)35-26(24)29-22(28-25)15-31-5-7-33-8-6-31/h17-19H,1-16H2,(H,30,32). The molecule has 5 aliphatic carbocycles. The highest BCUT2D eigenvalue weighted by Gasteiger charge is 2.51. The largest absolute Gasteiger partial charge is 0.379 e. The SMILES string of the molecule is O=C(CSc1nc(CN2CCOCC2)nc2sc3c(c12)CCCC3)NC12CC3CC(CC(C3)C1)C2. The Kier molecular flexibility index (Phi) is 6.07. The molecular weight excluding hydrogens is 476 g/mol. The number of fused-ring (bicyclic) bond motifs is 3. The van der Waals surface area contributed by atoms with Crippen molar-refractivity contribution in [2.45, 2.75) is 81.3 Å². The highest BCUT2D eigenvalue weighted by atomic mass is 32.2. The molecule has 2 aromatic heterocycles. The summed E-state index contributed by atoms with van der Waals surface area (Å²) in [4.78, 5) is 28.4. The molecule has 1 N–H and O–H groups in total. The number of carbonyl (C=O) groups excluding carboxylic acids is 1. The summed E-state index contributed by atoms with van der Waals surface area (Å²) in [5, 5.41) is 5.82. The first-order chi connectivity index (χ1) is 17.1. The summed E-state index contributed by atoms with van der Waals surface area (Å²) < 4.78 is 5.52. The summed E-state index contributed by atoms with van der Waals surface area (Å²) in [6, 6.07) is 0. The molecule has 1 saturated heterocycles. The van der Waals surface area contributed by atoms with Crippen LogP contribution in [-0.2, 0) is 28.9 Å². The molecule has 0 atom stereocenters. The number of hydrogen-bond donors (Lipinski definition) is 1. The molecule has 6 aliphatic rings. The van der Waals surface area contributed by atoms with Gasteiger partial charge in [0.05, 0.1) is 25.5 Å². The molecular formula is C27H36N4O2S2. The molecule has 0 aromatic carbocycles. The van der Waals surface area contributed by atoms with Crippen molar-refractivity contribution < 1.29 is 9.53 Å². The minimum Gasteiger partial charge on any atom is -0.379 e. The van der Waals surface area contributed by atoms with Gasteiger partial charge in [0.15, 0.2) is 0 Å². The normalized spacial score (nSPS) is 32.2. The summed E-state index contributed by atoms with van der Waals surface area (Å²) in [6.45, 7) is 4.18. The minimum absolute atomic E-state index is 0.0798. The molecule has 4 bridgehead atoms. The van der Waals surface area contributed by atoms with Crippen LogP contribution < -0.4 is 5.32 Å². The predicted molar refractivity (Wildman–Crippen MR) is 140 cm³/mol. The Bertz CT molecular complexity index is 1090. The number of nitrogens with zero attached hydrogens (tertiary/aromatic N) is 3. The quantitative estimate of drug-likeness (QED) is 0.451. The van der Waals surface area contributed by atoms with Crippen molar-refractivity contribution in [3.8, 4) is 0 Å². The topological polar surface area (TPSA) is 67.4 Å². The average Bonchev–Trinajstić information content (AvgIpc) is 3.20. The third-order valence-electron chi connectivity index (χ3n) is 9.08. The maximum absolute atomic E-state index is 13.3. The Morgan fingerprint density at radius 2 is 1.77 bits per heavy atom. The Hall–Kier alpha value is -1.22. The number of hydrogen-bond acceptors (Lipinski definition) is 7. The molecule has 4 saturated carbocycles. The van der Waals surface area contributed by atoms with Crippen LogP contribution in [0.25, 0.3) is 10.2 Å². The molecule has 8 heteroatoms. The summed E-state index contributed by atoms with van der Waals surface area (Å²) >= 11 is 3.50. The van der Waals surface area contributed by atoms with Gasteiger partial charge in [-0.3, -0.25) is 9.69 Å². The maximum atomic E-state index is 13.3. The molecule has 0 unspecified atom stereocenters. The van der Waals surface area contributed by atoms with Crippen LogP contribution in [-0.4, -0.2) is 58.4 Å². The zero-order valence-corrected chi connectivity index (χ0v) is 22.2. The Labute approximate surface area is 216 Å². The highest BCUT2D eigenvalue weighted by molar-refractivity contribution is 8.00. The number of nitrogens with one attached hydrogen (secondary N) is 1. The Balaban J connectivity index is 1.11. The number of ether oxygens (including phenoxy) is 1. The second kappa shape index (κ2) is 9.26. The van der Waals surface area contributed by atoms with Crippen molar-refractivity contribution in [2.75, 3.05) is 32.1 Å². The van der Waals surface area contributed by atoms with E-state index in [2.05, 4.69) is 10.2 Å². The lowest BCUT2D eigenvalue weighted by Gasteiger charge is -2.56. The van der Waals surface area contributed by atoms with Crippen molar-refractivity contribution in [1.29, 1.82) is 0 Å². The molecule has 0 radical (unpaired) electrons. The molecule has 188 valence electrons. The Morgan fingerprint density at radius 3 is 2.51 bits per heavy atom. The monoisotopic (exact) mass is 512 g/mol. The van der Waals surface area contributed by atoms with Crippen molar-refractivity contribution >= 4 is 39.2 Å². The smallest absolute Gasteiger partial charge is 0.230 e. The third kappa shape index (κ3) is 4.53. The molecule has 2 aromatic rings. The number of aryl methyl sites for hydroxylation is 2. The summed E-state index contributed by atoms with van der Waals surface area (Å²) in [5.41, 5.74) is 1.54. The molecule has 8 rings (SSSR count). The van der Waals surface area contributed by atoms with Gasteiger partial charge in [-0.2, -0.15) is 0 Å². The van der Waals surface area contributed by atoms with Gasteiger partial charge in [0, 0.05) is 28.9 Å². The zero-order chi connectivity index (χ0) is 23.4. The minimum atomic E-state index is 0.0798. The average molecular weight is 513 g/mol. The first kappa shape index (κ1) is 22.9. The van der Waals surface area contributed by atoms with E-state index < -0.39 is 0 Å². The van der Waals surface area contributed by atoms with E-state index in [0.717, 1.165) is 79.1 Å². The van der Waals surface area contributed by atoms with Gasteiger partial charge < -0.3 is 10.1 Å². The lowest BCUT2D eigenvalue weighted by molar-refractivity contribution is -0.124. The number of rotatable bonds is 6. The van der Waals surface area contributed by atoms with Gasteiger partial charge in [-0.1, -0.05) is 11.8 Å². The summed E-state index contributed by atoms with van der Waals surface area (Å²) in [5.74, 6) is 4.07. The van der Waals surface area contributed by atoms with Crippen LogP contribution in [0.5, 0.6) is 0 Å². The van der Waals surface area contributed by atoms with Gasteiger partial charge >= 0.3 is 0 Å². The zero-order valence-electron chi connectivity index (χ0n) is 20.5. The molecule has 5 fully saturated rings. The lowest BCUT2D eigenvalue weighted by Crippen LogP contribution is -2.60. The number of thiophene rings is 1. The van der Waals surface area contributed by atoms with Crippen LogP contribution in [0, 0.1) is 17.8 Å². The van der Waals surface area contributed by atoms with Gasteiger partial charge in [0.1, 0.15) is 15.7 Å². The van der Waals surface area contributed by atoms with Crippen molar-refractivity contribution in [1.82, 2.24) is 20.2 Å². The van der Waals surface area contributed by atoms with E-state index in [1.807, 2.05) is 11.3 Å². The first-order valence-electron chi connectivity index (χ1n) is 13.7. The van der Waals surface area contributed by atoms with Crippen LogP contribution in [0.1, 0.15) is 67.6 Å². The van der Waals surface area contributed by atoms with Gasteiger partial charge in [-0.25, -0.2) is 9.97 Å². The molecule has 3 heterocycles. The lowest BCUT2D eigenvalue weighted by atomic mass is 9.53. The summed E-state index contributed by atoms with van der Waals surface area (Å²) in [7, 11) is 0. The highest BCUT2D eigenvalue weighted by Crippen LogP contribution is 2.55. The third-order valence-corrected chi connectivity index (χ3v) is 11.2. The van der Waals surface area contributed by atoms with E-state index in [1.54, 1.807) is 11.8 Å². The van der Waals surface area contributed by atoms with Gasteiger partial charge in [0.25, 0.3) is 0 Å². The van der Waals surface area contributed by atoms with Crippen molar-refractivity contribution in [2.24, 2.45) is 17.8 Å². The number of thioether (sulfide) groups is 1. The van der Waals surface area contributed by atoms with Crippen LogP contribution in [0.2, 0.25) is 0 Å². The van der Waals surface area contributed by atoms with E-state index in [1.165, 1.54) is 67.2 Å². The van der Waals surface area contributed by atoms with E-state index in [4.69, 9.17) is 14.7 Å². The van der Waals surface area contributed by atoms with Crippen LogP contribution in [0.4, 0.5) is 0 Å². The molecule has 0 spiro atoms. The van der Waals surface area contributed by atoms with Crippen LogP contribution in [0.3, 0.4) is 0 Å². The van der Waals surface area contributed by atoms with E-state index in [0.29, 0.717) is 5.75 Å². The van der Waals surface area contributed by atoms with E-state index in [-0.39, 0.29) is 11.4 Å². The fraction of sp³-hybridized carbons (Fsp3) is 0.741. The second-order valence-electron chi connectivity index (χ2n) is 11.8. The first-order valence-corrected chi connectivity index (χ1v) is 15.5. The fourth-order valence-electron chi connectivity index (χ4n) is 8.03. The molecule has 1 aliphatic heterocycles. The van der Waals surface area contributed by atoms with E-state index in [9.17, 15) is 4.79 Å². The maximum Gasteiger partial charge on any atom is 0.230 e. The van der Waals surface area contributed by atoms with Gasteiger partial charge in [-0.05, 0) is 87.5 Å². The summed E-state index contributed by atoms with van der Waals surface area (Å²) in [6.07, 6.45) is 12.6. The number of aromatic nitrogens is 2. The predicted octanol–water partition coefficient (Wildman–Crippen LogP) is 4.58. The van der Waals surface area contributed by atoms with Gasteiger partial charge in [0.2, 0.25) is 5.91 Å². The number of morpholine rings is 1. The molecule has 6 nitrogen and oxygen atoms in total. The molecule has 1 amide bonds. The fourth-order valence-corrected chi connectivity index (χ4v) is 10.2. The van der Waals surface area contributed by atoms with Gasteiger partial charge in [-0.15, -0.1) is 11.3 Å². The van der Waals surface area contributed by atoms with Crippen LogP contribution >= 0.6 is 23.1 Å². The number of amides is 1. The molecule has 35 heavy (non-hydrogen) atoms. The van der Waals surface area contributed by atoms with Crippen molar-refractivity contribution in [3.63, 3.8) is 0 Å². The van der Waals surface area contributed by atoms with Crippen molar-refractivity contribution in [3.05, 3.63) is 16.3 Å². The van der Waals surface area contributed by atoms with Crippen LogP contribution in [0.15, 0.2) is 5.03 Å².